The van der Waals surface area contributed by atoms with Crippen LogP contribution in [0.25, 0.3) is 0 Å². The first kappa shape index (κ1) is 11.7. The van der Waals surface area contributed by atoms with Crippen LogP contribution in [0.2, 0.25) is 5.02 Å². The van der Waals surface area contributed by atoms with Crippen molar-refractivity contribution < 1.29 is 14.3 Å². The summed E-state index contributed by atoms with van der Waals surface area (Å²) in [7, 11) is 0. The van der Waals surface area contributed by atoms with Crippen molar-refractivity contribution in [1.29, 1.82) is 0 Å². The first-order valence-electron chi connectivity index (χ1n) is 5.02. The van der Waals surface area contributed by atoms with E-state index in [-0.39, 0.29) is 11.7 Å². The summed E-state index contributed by atoms with van der Waals surface area (Å²) in [6.45, 7) is 3.58. The number of oxazole rings is 1. The maximum Gasteiger partial charge on any atom is 0.352 e. The van der Waals surface area contributed by atoms with E-state index >= 15 is 0 Å². The predicted octanol–water partition coefficient (Wildman–Crippen LogP) is 2.75. The van der Waals surface area contributed by atoms with Crippen LogP contribution in [0.4, 0.5) is 0 Å². The predicted molar refractivity (Wildman–Crippen MR) is 61.5 cm³/mol. The number of rotatable bonds is 3. The van der Waals surface area contributed by atoms with Crippen LogP contribution in [0.15, 0.2) is 22.9 Å². The van der Waals surface area contributed by atoms with Gasteiger partial charge in [-0.3, -0.25) is 0 Å². The molecule has 0 aliphatic heterocycles. The van der Waals surface area contributed by atoms with E-state index in [0.29, 0.717) is 16.7 Å². The van der Waals surface area contributed by atoms with Crippen molar-refractivity contribution in [3.05, 3.63) is 40.8 Å². The van der Waals surface area contributed by atoms with Gasteiger partial charge in [-0.1, -0.05) is 11.6 Å². The van der Waals surface area contributed by atoms with Gasteiger partial charge in [0.15, 0.2) is 0 Å². The number of nitrogens with zero attached hydrogens (tertiary/aromatic N) is 2. The van der Waals surface area contributed by atoms with Crippen LogP contribution < -0.4 is 0 Å². The van der Waals surface area contributed by atoms with Gasteiger partial charge in [-0.25, -0.2) is 9.78 Å². The van der Waals surface area contributed by atoms with Crippen LogP contribution in [-0.2, 0) is 0 Å². The SMILES string of the molecule is Cc1cnc(C(C)n2cc(Cl)cc2C(=O)O)o1. The second-order valence-corrected chi connectivity index (χ2v) is 4.18. The molecule has 90 valence electrons. The number of carbonyl (C=O) groups is 1. The normalized spacial score (nSPS) is 12.6. The minimum Gasteiger partial charge on any atom is -0.477 e. The number of halogens is 1. The number of carboxylic acid groups (broad SMARTS) is 1. The second kappa shape index (κ2) is 4.25. The molecule has 0 aromatic carbocycles. The Morgan fingerprint density at radius 3 is 2.88 bits per heavy atom. The van der Waals surface area contributed by atoms with Crippen molar-refractivity contribution in [2.24, 2.45) is 0 Å². The molecule has 2 aromatic rings. The van der Waals surface area contributed by atoms with E-state index in [2.05, 4.69) is 4.98 Å². The van der Waals surface area contributed by atoms with E-state index < -0.39 is 5.97 Å². The van der Waals surface area contributed by atoms with E-state index in [0.717, 1.165) is 0 Å². The Labute approximate surface area is 103 Å². The van der Waals surface area contributed by atoms with Gasteiger partial charge in [0.2, 0.25) is 5.89 Å². The lowest BCUT2D eigenvalue weighted by molar-refractivity contribution is 0.0683. The highest BCUT2D eigenvalue weighted by Gasteiger charge is 2.20. The third-order valence-corrected chi connectivity index (χ3v) is 2.65. The number of hydrogen-bond acceptors (Lipinski definition) is 3. The Morgan fingerprint density at radius 2 is 2.35 bits per heavy atom. The summed E-state index contributed by atoms with van der Waals surface area (Å²) in [5, 5.41) is 9.42. The average Bonchev–Trinajstić information content (AvgIpc) is 2.83. The molecule has 1 unspecified atom stereocenters. The first-order valence-corrected chi connectivity index (χ1v) is 5.40. The maximum absolute atomic E-state index is 11.0. The van der Waals surface area contributed by atoms with Gasteiger partial charge in [0.05, 0.1) is 11.2 Å². The van der Waals surface area contributed by atoms with Gasteiger partial charge in [-0.15, -0.1) is 0 Å². The average molecular weight is 255 g/mol. The van der Waals surface area contributed by atoms with Crippen LogP contribution in [0.3, 0.4) is 0 Å². The molecule has 0 radical (unpaired) electrons. The zero-order valence-electron chi connectivity index (χ0n) is 9.35. The molecule has 2 rings (SSSR count). The van der Waals surface area contributed by atoms with Crippen molar-refractivity contribution in [3.8, 4) is 0 Å². The first-order chi connectivity index (χ1) is 7.99. The molecular weight excluding hydrogens is 244 g/mol. The van der Waals surface area contributed by atoms with Crippen LogP contribution in [-0.4, -0.2) is 20.6 Å². The topological polar surface area (TPSA) is 68.3 Å². The van der Waals surface area contributed by atoms with Crippen molar-refractivity contribution in [1.82, 2.24) is 9.55 Å². The summed E-state index contributed by atoms with van der Waals surface area (Å²) in [5.74, 6) is 0.103. The molecule has 2 heterocycles. The third-order valence-electron chi connectivity index (χ3n) is 2.45. The molecule has 0 aliphatic rings. The number of aromatic nitrogens is 2. The third kappa shape index (κ3) is 2.19. The lowest BCUT2D eigenvalue weighted by Crippen LogP contribution is -2.13. The molecule has 0 amide bonds. The fraction of sp³-hybridized carbons (Fsp3) is 0.273. The van der Waals surface area contributed by atoms with Gasteiger partial charge >= 0.3 is 5.97 Å². The van der Waals surface area contributed by atoms with Gasteiger partial charge in [0.25, 0.3) is 0 Å². The number of aryl methyl sites for hydroxylation is 1. The van der Waals surface area contributed by atoms with Gasteiger partial charge in [-0.2, -0.15) is 0 Å². The van der Waals surface area contributed by atoms with E-state index in [1.807, 2.05) is 0 Å². The standard InChI is InChI=1S/C11H11ClN2O3/c1-6-4-13-10(17-6)7(2)14-5-8(12)3-9(14)11(15)16/h3-5,7H,1-2H3,(H,15,16). The summed E-state index contributed by atoms with van der Waals surface area (Å²) in [6, 6.07) is 1.08. The van der Waals surface area contributed by atoms with Crippen molar-refractivity contribution in [2.45, 2.75) is 19.9 Å². The highest BCUT2D eigenvalue weighted by molar-refractivity contribution is 6.30. The monoisotopic (exact) mass is 254 g/mol. The summed E-state index contributed by atoms with van der Waals surface area (Å²) < 4.78 is 6.90. The molecule has 17 heavy (non-hydrogen) atoms. The molecular formula is C11H11ClN2O3. The summed E-state index contributed by atoms with van der Waals surface area (Å²) in [6.07, 6.45) is 3.15. The molecule has 6 heteroatoms. The largest absolute Gasteiger partial charge is 0.477 e. The minimum atomic E-state index is -1.04. The van der Waals surface area contributed by atoms with Crippen molar-refractivity contribution in [2.75, 3.05) is 0 Å². The quantitative estimate of drug-likeness (QED) is 0.914. The van der Waals surface area contributed by atoms with Gasteiger partial charge in [-0.05, 0) is 19.9 Å². The fourth-order valence-corrected chi connectivity index (χ4v) is 1.83. The van der Waals surface area contributed by atoms with Crippen molar-refractivity contribution >= 4 is 17.6 Å². The lowest BCUT2D eigenvalue weighted by Gasteiger charge is -2.11. The Morgan fingerprint density at radius 1 is 1.65 bits per heavy atom. The molecule has 2 aromatic heterocycles. The summed E-state index contributed by atoms with van der Waals surface area (Å²) in [4.78, 5) is 15.1. The summed E-state index contributed by atoms with van der Waals surface area (Å²) in [5.41, 5.74) is 0.110. The molecule has 0 saturated carbocycles. The highest BCUT2D eigenvalue weighted by Crippen LogP contribution is 2.24. The molecule has 0 bridgehead atoms. The smallest absolute Gasteiger partial charge is 0.352 e. The van der Waals surface area contributed by atoms with E-state index in [1.165, 1.54) is 10.6 Å². The molecule has 1 atom stereocenters. The van der Waals surface area contributed by atoms with E-state index in [9.17, 15) is 4.79 Å². The van der Waals surface area contributed by atoms with Crippen LogP contribution >= 0.6 is 11.6 Å². The van der Waals surface area contributed by atoms with E-state index in [4.69, 9.17) is 21.1 Å². The van der Waals surface area contributed by atoms with Crippen LogP contribution in [0, 0.1) is 6.92 Å². The Kier molecular flexibility index (Phi) is 2.93. The summed E-state index contributed by atoms with van der Waals surface area (Å²) >= 11 is 5.81. The van der Waals surface area contributed by atoms with Crippen molar-refractivity contribution in [3.63, 3.8) is 0 Å². The van der Waals surface area contributed by atoms with E-state index in [1.54, 1.807) is 26.2 Å². The molecule has 0 spiro atoms. The highest BCUT2D eigenvalue weighted by atomic mass is 35.5. The Hall–Kier alpha value is -1.75. The Bertz CT molecular complexity index is 559. The van der Waals surface area contributed by atoms with Crippen LogP contribution in [0.5, 0.6) is 0 Å². The van der Waals surface area contributed by atoms with Gasteiger partial charge < -0.3 is 14.1 Å². The zero-order valence-corrected chi connectivity index (χ0v) is 10.1. The molecule has 0 saturated heterocycles. The minimum absolute atomic E-state index is 0.110. The number of aromatic carboxylic acids is 1. The van der Waals surface area contributed by atoms with Crippen LogP contribution in [0.1, 0.15) is 35.1 Å². The maximum atomic E-state index is 11.0. The lowest BCUT2D eigenvalue weighted by atomic mass is 10.3. The molecule has 5 nitrogen and oxygen atoms in total. The number of carboxylic acids is 1. The zero-order chi connectivity index (χ0) is 12.6. The molecule has 1 N–H and O–H groups in total. The Balaban J connectivity index is 2.43. The number of hydrogen-bond donors (Lipinski definition) is 1. The fourth-order valence-electron chi connectivity index (χ4n) is 1.62. The molecule has 0 fully saturated rings. The van der Waals surface area contributed by atoms with Gasteiger partial charge in [0, 0.05) is 6.20 Å². The van der Waals surface area contributed by atoms with Gasteiger partial charge in [0.1, 0.15) is 17.5 Å². The second-order valence-electron chi connectivity index (χ2n) is 3.74. The molecule has 0 aliphatic carbocycles.